The SMILES string of the molecule is Cc1ccc(N)cc1C(=O)NC1CCN(C2CC2)CC1. The molecule has 1 saturated heterocycles. The molecule has 108 valence electrons. The number of amides is 1. The van der Waals surface area contributed by atoms with Crippen LogP contribution in [0, 0.1) is 6.92 Å². The van der Waals surface area contributed by atoms with Crippen LogP contribution in [0.1, 0.15) is 41.6 Å². The Morgan fingerprint density at radius 1 is 1.25 bits per heavy atom. The van der Waals surface area contributed by atoms with Gasteiger partial charge >= 0.3 is 0 Å². The highest BCUT2D eigenvalue weighted by atomic mass is 16.1. The monoisotopic (exact) mass is 273 g/mol. The average molecular weight is 273 g/mol. The molecular formula is C16H23N3O. The molecule has 3 N–H and O–H groups in total. The molecule has 1 aliphatic heterocycles. The summed E-state index contributed by atoms with van der Waals surface area (Å²) < 4.78 is 0. The van der Waals surface area contributed by atoms with E-state index in [0.29, 0.717) is 17.3 Å². The smallest absolute Gasteiger partial charge is 0.251 e. The van der Waals surface area contributed by atoms with E-state index in [1.165, 1.54) is 12.8 Å². The van der Waals surface area contributed by atoms with Gasteiger partial charge in [-0.2, -0.15) is 0 Å². The molecule has 4 heteroatoms. The lowest BCUT2D eigenvalue weighted by molar-refractivity contribution is 0.0908. The molecule has 3 rings (SSSR count). The molecule has 2 aliphatic rings. The highest BCUT2D eigenvalue weighted by Crippen LogP contribution is 2.29. The van der Waals surface area contributed by atoms with Gasteiger partial charge in [-0.25, -0.2) is 0 Å². The van der Waals surface area contributed by atoms with Gasteiger partial charge in [0.05, 0.1) is 0 Å². The standard InChI is InChI=1S/C16H23N3O/c1-11-2-3-12(17)10-15(11)16(20)18-13-6-8-19(9-7-13)14-4-5-14/h2-3,10,13-14H,4-9,17H2,1H3,(H,18,20). The number of nitrogens with zero attached hydrogens (tertiary/aromatic N) is 1. The summed E-state index contributed by atoms with van der Waals surface area (Å²) in [5, 5.41) is 3.16. The molecule has 0 unspecified atom stereocenters. The van der Waals surface area contributed by atoms with Gasteiger partial charge in [0, 0.05) is 36.4 Å². The zero-order valence-corrected chi connectivity index (χ0v) is 12.1. The summed E-state index contributed by atoms with van der Waals surface area (Å²) in [5.74, 6) is 0.0136. The van der Waals surface area contributed by atoms with Crippen LogP contribution in [0.4, 0.5) is 5.69 Å². The molecule has 1 heterocycles. The van der Waals surface area contributed by atoms with Crippen molar-refractivity contribution in [3.8, 4) is 0 Å². The lowest BCUT2D eigenvalue weighted by atomic mass is 10.0. The minimum atomic E-state index is 0.0136. The molecule has 0 bridgehead atoms. The van der Waals surface area contributed by atoms with Crippen LogP contribution in [-0.4, -0.2) is 36.0 Å². The van der Waals surface area contributed by atoms with Crippen LogP contribution in [0.3, 0.4) is 0 Å². The van der Waals surface area contributed by atoms with Gasteiger partial charge in [-0.05, 0) is 50.3 Å². The number of anilines is 1. The molecule has 4 nitrogen and oxygen atoms in total. The van der Waals surface area contributed by atoms with E-state index in [4.69, 9.17) is 5.73 Å². The number of likely N-dealkylation sites (tertiary alicyclic amines) is 1. The number of nitrogens with one attached hydrogen (secondary N) is 1. The van der Waals surface area contributed by atoms with Gasteiger partial charge in [0.15, 0.2) is 0 Å². The second-order valence-corrected chi connectivity index (χ2v) is 6.09. The van der Waals surface area contributed by atoms with Crippen LogP contribution >= 0.6 is 0 Å². The summed E-state index contributed by atoms with van der Waals surface area (Å²) in [5.41, 5.74) is 8.10. The predicted octanol–water partition coefficient (Wildman–Crippen LogP) is 1.93. The maximum Gasteiger partial charge on any atom is 0.251 e. The van der Waals surface area contributed by atoms with Crippen LogP contribution < -0.4 is 11.1 Å². The minimum absolute atomic E-state index is 0.0136. The van der Waals surface area contributed by atoms with E-state index in [-0.39, 0.29) is 5.91 Å². The molecule has 20 heavy (non-hydrogen) atoms. The Labute approximate surface area is 120 Å². The number of carbonyl (C=O) groups excluding carboxylic acids is 1. The maximum atomic E-state index is 12.3. The zero-order valence-electron chi connectivity index (χ0n) is 12.1. The third-order valence-electron chi connectivity index (χ3n) is 4.43. The number of carbonyl (C=O) groups is 1. The molecule has 0 spiro atoms. The van der Waals surface area contributed by atoms with Crippen molar-refractivity contribution >= 4 is 11.6 Å². The quantitative estimate of drug-likeness (QED) is 0.827. The maximum absolute atomic E-state index is 12.3. The molecule has 0 radical (unpaired) electrons. The van der Waals surface area contributed by atoms with Crippen LogP contribution in [0.15, 0.2) is 18.2 Å². The molecule has 1 aromatic rings. The lowest BCUT2D eigenvalue weighted by Crippen LogP contribution is -2.45. The third-order valence-corrected chi connectivity index (χ3v) is 4.43. The number of benzene rings is 1. The number of nitrogen functional groups attached to an aromatic ring is 1. The Kier molecular flexibility index (Phi) is 3.66. The van der Waals surface area contributed by atoms with Gasteiger partial charge in [0.1, 0.15) is 0 Å². The van der Waals surface area contributed by atoms with Crippen LogP contribution in [0.2, 0.25) is 0 Å². The molecule has 2 fully saturated rings. The fourth-order valence-corrected chi connectivity index (χ4v) is 3.00. The van der Waals surface area contributed by atoms with Crippen molar-refractivity contribution in [3.63, 3.8) is 0 Å². The molecule has 0 atom stereocenters. The first-order valence-corrected chi connectivity index (χ1v) is 7.54. The first-order valence-electron chi connectivity index (χ1n) is 7.54. The van der Waals surface area contributed by atoms with Crippen molar-refractivity contribution in [1.82, 2.24) is 10.2 Å². The summed E-state index contributed by atoms with van der Waals surface area (Å²) in [6.07, 6.45) is 4.84. The Hall–Kier alpha value is -1.55. The molecular weight excluding hydrogens is 250 g/mol. The van der Waals surface area contributed by atoms with Crippen molar-refractivity contribution in [2.75, 3.05) is 18.8 Å². The normalized spacial score (nSPS) is 20.9. The van der Waals surface area contributed by atoms with Crippen molar-refractivity contribution in [3.05, 3.63) is 29.3 Å². The summed E-state index contributed by atoms with van der Waals surface area (Å²) in [6, 6.07) is 6.64. The Morgan fingerprint density at radius 2 is 1.95 bits per heavy atom. The fraction of sp³-hybridized carbons (Fsp3) is 0.562. The summed E-state index contributed by atoms with van der Waals surface area (Å²) >= 11 is 0. The molecule has 1 aromatic carbocycles. The van der Waals surface area contributed by atoms with Gasteiger partial charge in [-0.15, -0.1) is 0 Å². The average Bonchev–Trinajstić information content (AvgIpc) is 3.27. The van der Waals surface area contributed by atoms with Crippen LogP contribution in [0.25, 0.3) is 0 Å². The number of hydrogen-bond donors (Lipinski definition) is 2. The zero-order chi connectivity index (χ0) is 14.1. The number of piperidine rings is 1. The molecule has 1 amide bonds. The van der Waals surface area contributed by atoms with Crippen LogP contribution in [0.5, 0.6) is 0 Å². The van der Waals surface area contributed by atoms with Gasteiger partial charge in [-0.1, -0.05) is 6.07 Å². The van der Waals surface area contributed by atoms with E-state index < -0.39 is 0 Å². The first-order chi connectivity index (χ1) is 9.63. The summed E-state index contributed by atoms with van der Waals surface area (Å²) in [4.78, 5) is 14.9. The van der Waals surface area contributed by atoms with E-state index in [1.807, 2.05) is 19.1 Å². The summed E-state index contributed by atoms with van der Waals surface area (Å²) in [6.45, 7) is 4.18. The first kappa shape index (κ1) is 13.4. The number of aryl methyl sites for hydroxylation is 1. The second kappa shape index (κ2) is 5.44. The third kappa shape index (κ3) is 2.96. The predicted molar refractivity (Wildman–Crippen MR) is 80.7 cm³/mol. The number of nitrogens with two attached hydrogens (primary N) is 1. The van der Waals surface area contributed by atoms with E-state index in [1.54, 1.807) is 6.07 Å². The largest absolute Gasteiger partial charge is 0.399 e. The van der Waals surface area contributed by atoms with Gasteiger partial charge in [0.25, 0.3) is 5.91 Å². The Balaban J connectivity index is 1.57. The van der Waals surface area contributed by atoms with Gasteiger partial charge in [-0.3, -0.25) is 4.79 Å². The van der Waals surface area contributed by atoms with E-state index in [2.05, 4.69) is 10.2 Å². The van der Waals surface area contributed by atoms with Crippen molar-refractivity contribution < 1.29 is 4.79 Å². The van der Waals surface area contributed by atoms with E-state index >= 15 is 0 Å². The highest BCUT2D eigenvalue weighted by molar-refractivity contribution is 5.96. The van der Waals surface area contributed by atoms with Gasteiger partial charge < -0.3 is 16.0 Å². The lowest BCUT2D eigenvalue weighted by Gasteiger charge is -2.32. The minimum Gasteiger partial charge on any atom is -0.399 e. The Morgan fingerprint density at radius 3 is 2.60 bits per heavy atom. The molecule has 1 aliphatic carbocycles. The second-order valence-electron chi connectivity index (χ2n) is 6.09. The topological polar surface area (TPSA) is 58.4 Å². The molecule has 1 saturated carbocycles. The van der Waals surface area contributed by atoms with Gasteiger partial charge in [0.2, 0.25) is 0 Å². The summed E-state index contributed by atoms with van der Waals surface area (Å²) in [7, 11) is 0. The Bertz CT molecular complexity index is 502. The van der Waals surface area contributed by atoms with Crippen LogP contribution in [-0.2, 0) is 0 Å². The number of rotatable bonds is 3. The van der Waals surface area contributed by atoms with E-state index in [0.717, 1.165) is 37.5 Å². The van der Waals surface area contributed by atoms with Crippen molar-refractivity contribution in [1.29, 1.82) is 0 Å². The fourth-order valence-electron chi connectivity index (χ4n) is 3.00. The molecule has 0 aromatic heterocycles. The number of hydrogen-bond acceptors (Lipinski definition) is 3. The van der Waals surface area contributed by atoms with Crippen molar-refractivity contribution in [2.45, 2.75) is 44.7 Å². The van der Waals surface area contributed by atoms with E-state index in [9.17, 15) is 4.79 Å². The highest BCUT2D eigenvalue weighted by Gasteiger charge is 2.32. The van der Waals surface area contributed by atoms with Crippen molar-refractivity contribution in [2.24, 2.45) is 0 Å².